The van der Waals surface area contributed by atoms with Crippen molar-refractivity contribution in [2.75, 3.05) is 19.0 Å². The number of amides is 1. The van der Waals surface area contributed by atoms with E-state index >= 15 is 0 Å². The van der Waals surface area contributed by atoms with E-state index in [1.807, 2.05) is 12.1 Å². The number of carbonyl (C=O) groups excluding carboxylic acids is 1. The molecule has 3 N–H and O–H groups in total. The highest BCUT2D eigenvalue weighted by molar-refractivity contribution is 5.94. The Morgan fingerprint density at radius 1 is 1.39 bits per heavy atom. The van der Waals surface area contributed by atoms with Crippen molar-refractivity contribution in [3.8, 4) is 11.5 Å². The predicted molar refractivity (Wildman–Crippen MR) is 94.6 cm³/mol. The number of nitrogens with two attached hydrogens (primary N) is 1. The van der Waals surface area contributed by atoms with E-state index in [-0.39, 0.29) is 30.3 Å². The van der Waals surface area contributed by atoms with Crippen LogP contribution in [0.5, 0.6) is 11.5 Å². The normalized spacial score (nSPS) is 19.8. The Morgan fingerprint density at radius 2 is 2.17 bits per heavy atom. The third-order valence-corrected chi connectivity index (χ3v) is 4.04. The molecular formula is C17H27ClN2O3. The van der Waals surface area contributed by atoms with E-state index in [2.05, 4.69) is 12.2 Å². The lowest BCUT2D eigenvalue weighted by molar-refractivity contribution is -0.119. The van der Waals surface area contributed by atoms with Crippen LogP contribution in [0.15, 0.2) is 18.2 Å². The summed E-state index contributed by atoms with van der Waals surface area (Å²) >= 11 is 0. The lowest BCUT2D eigenvalue weighted by Crippen LogP contribution is -2.23. The molecule has 2 atom stereocenters. The minimum absolute atomic E-state index is 0. The van der Waals surface area contributed by atoms with Gasteiger partial charge in [-0.1, -0.05) is 13.3 Å². The van der Waals surface area contributed by atoms with Crippen LogP contribution < -0.4 is 20.5 Å². The SMILES string of the molecule is CCCCOc1ccc(OC)cc1NC(=O)C1CCC(N)C1.Cl. The van der Waals surface area contributed by atoms with Crippen LogP contribution in [0.4, 0.5) is 5.69 Å². The number of carbonyl (C=O) groups is 1. The molecule has 0 spiro atoms. The van der Waals surface area contributed by atoms with Crippen LogP contribution in [0.2, 0.25) is 0 Å². The molecule has 1 aliphatic carbocycles. The van der Waals surface area contributed by atoms with E-state index in [9.17, 15) is 4.79 Å². The van der Waals surface area contributed by atoms with Gasteiger partial charge in [-0.2, -0.15) is 0 Å². The Kier molecular flexibility index (Phi) is 8.20. The first-order valence-corrected chi connectivity index (χ1v) is 8.01. The molecule has 1 aliphatic rings. The molecule has 0 bridgehead atoms. The maximum Gasteiger partial charge on any atom is 0.227 e. The maximum atomic E-state index is 12.4. The number of ether oxygens (including phenoxy) is 2. The van der Waals surface area contributed by atoms with Crippen LogP contribution in [0.1, 0.15) is 39.0 Å². The smallest absolute Gasteiger partial charge is 0.227 e. The molecule has 130 valence electrons. The first kappa shape index (κ1) is 19.6. The van der Waals surface area contributed by atoms with Gasteiger partial charge in [0.15, 0.2) is 0 Å². The molecule has 1 fully saturated rings. The molecule has 2 rings (SSSR count). The van der Waals surface area contributed by atoms with Crippen LogP contribution in [-0.2, 0) is 4.79 Å². The van der Waals surface area contributed by atoms with Crippen LogP contribution in [0, 0.1) is 5.92 Å². The van der Waals surface area contributed by atoms with E-state index in [0.29, 0.717) is 23.8 Å². The molecule has 1 aromatic carbocycles. The molecule has 6 heteroatoms. The van der Waals surface area contributed by atoms with Crippen LogP contribution in [0.3, 0.4) is 0 Å². The van der Waals surface area contributed by atoms with Crippen molar-refractivity contribution in [1.29, 1.82) is 0 Å². The summed E-state index contributed by atoms with van der Waals surface area (Å²) in [4.78, 5) is 12.4. The Bertz CT molecular complexity index is 511. The fourth-order valence-electron chi connectivity index (χ4n) is 2.68. The summed E-state index contributed by atoms with van der Waals surface area (Å²) in [6.07, 6.45) is 4.57. The number of unbranched alkanes of at least 4 members (excludes halogenated alkanes) is 1. The van der Waals surface area contributed by atoms with Crippen molar-refractivity contribution in [3.05, 3.63) is 18.2 Å². The van der Waals surface area contributed by atoms with Gasteiger partial charge in [0.2, 0.25) is 5.91 Å². The van der Waals surface area contributed by atoms with Gasteiger partial charge in [0, 0.05) is 18.0 Å². The molecule has 0 saturated heterocycles. The molecule has 1 aromatic rings. The first-order valence-electron chi connectivity index (χ1n) is 8.01. The third-order valence-electron chi connectivity index (χ3n) is 4.04. The molecule has 1 amide bonds. The summed E-state index contributed by atoms with van der Waals surface area (Å²) in [5, 5.41) is 2.98. The Hall–Kier alpha value is -1.46. The third kappa shape index (κ3) is 5.59. The minimum atomic E-state index is -0.00954. The van der Waals surface area contributed by atoms with Crippen molar-refractivity contribution in [3.63, 3.8) is 0 Å². The van der Waals surface area contributed by atoms with Gasteiger partial charge in [-0.15, -0.1) is 12.4 Å². The van der Waals surface area contributed by atoms with Crippen molar-refractivity contribution in [2.45, 2.75) is 45.1 Å². The number of halogens is 1. The van der Waals surface area contributed by atoms with Gasteiger partial charge in [0.1, 0.15) is 11.5 Å². The van der Waals surface area contributed by atoms with Crippen molar-refractivity contribution in [1.82, 2.24) is 0 Å². The van der Waals surface area contributed by atoms with Gasteiger partial charge < -0.3 is 20.5 Å². The summed E-state index contributed by atoms with van der Waals surface area (Å²) < 4.78 is 11.0. The summed E-state index contributed by atoms with van der Waals surface area (Å²) in [7, 11) is 1.61. The maximum absolute atomic E-state index is 12.4. The Labute approximate surface area is 144 Å². The topological polar surface area (TPSA) is 73.6 Å². The molecule has 0 heterocycles. The average molecular weight is 343 g/mol. The van der Waals surface area contributed by atoms with E-state index < -0.39 is 0 Å². The van der Waals surface area contributed by atoms with Gasteiger partial charge in [-0.25, -0.2) is 0 Å². The number of nitrogens with one attached hydrogen (secondary N) is 1. The molecule has 5 nitrogen and oxygen atoms in total. The number of benzene rings is 1. The largest absolute Gasteiger partial charge is 0.497 e. The molecule has 0 radical (unpaired) electrons. The quantitative estimate of drug-likeness (QED) is 0.745. The van der Waals surface area contributed by atoms with Crippen molar-refractivity contribution < 1.29 is 14.3 Å². The second kappa shape index (κ2) is 9.63. The van der Waals surface area contributed by atoms with E-state index in [4.69, 9.17) is 15.2 Å². The summed E-state index contributed by atoms with van der Waals surface area (Å²) in [6.45, 7) is 2.75. The van der Waals surface area contributed by atoms with Gasteiger partial charge in [-0.3, -0.25) is 4.79 Å². The van der Waals surface area contributed by atoms with Crippen LogP contribution in [-0.4, -0.2) is 25.7 Å². The zero-order chi connectivity index (χ0) is 15.9. The first-order chi connectivity index (χ1) is 10.6. The highest BCUT2D eigenvalue weighted by Gasteiger charge is 2.28. The summed E-state index contributed by atoms with van der Waals surface area (Å²) in [6, 6.07) is 5.61. The van der Waals surface area contributed by atoms with E-state index in [1.165, 1.54) is 0 Å². The monoisotopic (exact) mass is 342 g/mol. The standard InChI is InChI=1S/C17H26N2O3.ClH/c1-3-4-9-22-16-8-7-14(21-2)11-15(16)19-17(20)12-5-6-13(18)10-12;/h7-8,11-13H,3-6,9-10,18H2,1-2H3,(H,19,20);1H. The number of methoxy groups -OCH3 is 1. The number of anilines is 1. The van der Waals surface area contributed by atoms with Crippen LogP contribution in [0.25, 0.3) is 0 Å². The Morgan fingerprint density at radius 3 is 2.78 bits per heavy atom. The van der Waals surface area contributed by atoms with Crippen molar-refractivity contribution in [2.24, 2.45) is 11.7 Å². The average Bonchev–Trinajstić information content (AvgIpc) is 2.95. The summed E-state index contributed by atoms with van der Waals surface area (Å²) in [5.41, 5.74) is 6.56. The highest BCUT2D eigenvalue weighted by atomic mass is 35.5. The lowest BCUT2D eigenvalue weighted by atomic mass is 10.1. The number of rotatable bonds is 7. The zero-order valence-corrected chi connectivity index (χ0v) is 14.7. The second-order valence-electron chi connectivity index (χ2n) is 5.82. The Balaban J connectivity index is 0.00000264. The predicted octanol–water partition coefficient (Wildman–Crippen LogP) is 3.36. The molecular weight excluding hydrogens is 316 g/mol. The molecule has 2 unspecified atom stereocenters. The minimum Gasteiger partial charge on any atom is -0.497 e. The van der Waals surface area contributed by atoms with Gasteiger partial charge in [-0.05, 0) is 37.8 Å². The van der Waals surface area contributed by atoms with Gasteiger partial charge in [0.05, 0.1) is 19.4 Å². The number of hydrogen-bond donors (Lipinski definition) is 2. The van der Waals surface area contributed by atoms with Crippen LogP contribution >= 0.6 is 12.4 Å². The van der Waals surface area contributed by atoms with Gasteiger partial charge >= 0.3 is 0 Å². The zero-order valence-electron chi connectivity index (χ0n) is 13.8. The summed E-state index contributed by atoms with van der Waals surface area (Å²) in [5.74, 6) is 1.39. The van der Waals surface area contributed by atoms with Crippen molar-refractivity contribution >= 4 is 24.0 Å². The molecule has 0 aliphatic heterocycles. The molecule has 0 aromatic heterocycles. The number of hydrogen-bond acceptors (Lipinski definition) is 4. The lowest BCUT2D eigenvalue weighted by Gasteiger charge is -2.16. The van der Waals surface area contributed by atoms with E-state index in [0.717, 1.165) is 32.1 Å². The fourth-order valence-corrected chi connectivity index (χ4v) is 2.68. The molecule has 1 saturated carbocycles. The van der Waals surface area contributed by atoms with Gasteiger partial charge in [0.25, 0.3) is 0 Å². The molecule has 23 heavy (non-hydrogen) atoms. The van der Waals surface area contributed by atoms with E-state index in [1.54, 1.807) is 13.2 Å². The highest BCUT2D eigenvalue weighted by Crippen LogP contribution is 2.32. The second-order valence-corrected chi connectivity index (χ2v) is 5.82. The fraction of sp³-hybridized carbons (Fsp3) is 0.588.